The predicted molar refractivity (Wildman–Crippen MR) is 83.6 cm³/mol. The Balaban J connectivity index is 2.03. The van der Waals surface area contributed by atoms with Gasteiger partial charge in [-0.15, -0.1) is 11.3 Å². The van der Waals surface area contributed by atoms with Gasteiger partial charge in [0.15, 0.2) is 4.96 Å². The number of hydrogen-bond donors (Lipinski definition) is 1. The SMILES string of the molecule is COc1nc2sccn2c1CNCC(C(C)C)N(C)C. The molecule has 1 atom stereocenters. The average Bonchev–Trinajstić information content (AvgIpc) is 2.94. The van der Waals surface area contributed by atoms with Gasteiger partial charge < -0.3 is 15.0 Å². The standard InChI is InChI=1S/C14H24N4OS/c1-10(2)11(17(3)4)8-15-9-12-13(19-5)16-14-18(12)6-7-20-14/h6-7,10-11,15H,8-9H2,1-5H3. The summed E-state index contributed by atoms with van der Waals surface area (Å²) in [6.07, 6.45) is 2.04. The van der Waals surface area contributed by atoms with Crippen LogP contribution in [0.1, 0.15) is 19.5 Å². The van der Waals surface area contributed by atoms with E-state index in [1.165, 1.54) is 0 Å². The maximum atomic E-state index is 5.37. The Hall–Kier alpha value is -1.11. The maximum Gasteiger partial charge on any atom is 0.237 e. The van der Waals surface area contributed by atoms with Crippen molar-refractivity contribution in [2.45, 2.75) is 26.4 Å². The van der Waals surface area contributed by atoms with Crippen molar-refractivity contribution in [3.05, 3.63) is 17.3 Å². The molecular weight excluding hydrogens is 272 g/mol. The Morgan fingerprint density at radius 3 is 2.80 bits per heavy atom. The highest BCUT2D eigenvalue weighted by Crippen LogP contribution is 2.22. The van der Waals surface area contributed by atoms with E-state index < -0.39 is 0 Å². The van der Waals surface area contributed by atoms with Gasteiger partial charge in [0.1, 0.15) is 5.69 Å². The first-order chi connectivity index (χ1) is 9.54. The van der Waals surface area contributed by atoms with E-state index in [4.69, 9.17) is 4.74 Å². The number of hydrogen-bond acceptors (Lipinski definition) is 5. The predicted octanol–water partition coefficient (Wildman–Crippen LogP) is 2.08. The van der Waals surface area contributed by atoms with Gasteiger partial charge in [0.25, 0.3) is 0 Å². The average molecular weight is 296 g/mol. The third kappa shape index (κ3) is 3.13. The van der Waals surface area contributed by atoms with Gasteiger partial charge >= 0.3 is 0 Å². The molecule has 112 valence electrons. The van der Waals surface area contributed by atoms with Crippen LogP contribution in [-0.4, -0.2) is 48.1 Å². The van der Waals surface area contributed by atoms with Crippen LogP contribution in [0.25, 0.3) is 4.96 Å². The number of rotatable bonds is 7. The van der Waals surface area contributed by atoms with E-state index in [1.807, 2.05) is 11.6 Å². The highest BCUT2D eigenvalue weighted by atomic mass is 32.1. The second-order valence-corrected chi connectivity index (χ2v) is 6.40. The Morgan fingerprint density at radius 1 is 1.45 bits per heavy atom. The van der Waals surface area contributed by atoms with E-state index in [1.54, 1.807) is 18.4 Å². The van der Waals surface area contributed by atoms with Crippen molar-refractivity contribution in [2.75, 3.05) is 27.7 Å². The fourth-order valence-corrected chi connectivity index (χ4v) is 3.21. The van der Waals surface area contributed by atoms with Crippen LogP contribution in [0.5, 0.6) is 5.88 Å². The first kappa shape index (κ1) is 15.3. The lowest BCUT2D eigenvalue weighted by atomic mass is 10.0. The first-order valence-corrected chi connectivity index (χ1v) is 7.78. The molecule has 20 heavy (non-hydrogen) atoms. The Kier molecular flexibility index (Phi) is 5.01. The third-order valence-electron chi connectivity index (χ3n) is 3.60. The molecule has 0 saturated carbocycles. The minimum atomic E-state index is 0.520. The topological polar surface area (TPSA) is 41.8 Å². The number of ether oxygens (including phenoxy) is 1. The number of nitrogens with one attached hydrogen (secondary N) is 1. The molecule has 0 aromatic carbocycles. The zero-order chi connectivity index (χ0) is 14.7. The van der Waals surface area contributed by atoms with Crippen LogP contribution in [0.2, 0.25) is 0 Å². The molecule has 6 heteroatoms. The highest BCUT2D eigenvalue weighted by Gasteiger charge is 2.17. The van der Waals surface area contributed by atoms with Crippen LogP contribution >= 0.6 is 11.3 Å². The molecule has 0 aliphatic heterocycles. The Labute approximate surface area is 124 Å². The summed E-state index contributed by atoms with van der Waals surface area (Å²) in [6.45, 7) is 6.22. The van der Waals surface area contributed by atoms with Crippen molar-refractivity contribution in [2.24, 2.45) is 5.92 Å². The van der Waals surface area contributed by atoms with Gasteiger partial charge in [-0.1, -0.05) is 13.8 Å². The van der Waals surface area contributed by atoms with E-state index in [9.17, 15) is 0 Å². The van der Waals surface area contributed by atoms with Gasteiger partial charge in [-0.25, -0.2) is 0 Å². The number of nitrogens with zero attached hydrogens (tertiary/aromatic N) is 3. The molecule has 1 N–H and O–H groups in total. The summed E-state index contributed by atoms with van der Waals surface area (Å²) in [6, 6.07) is 0.520. The molecule has 5 nitrogen and oxygen atoms in total. The number of fused-ring (bicyclic) bond motifs is 1. The molecular formula is C14H24N4OS. The van der Waals surface area contributed by atoms with E-state index in [2.05, 4.69) is 47.5 Å². The van der Waals surface area contributed by atoms with Crippen LogP contribution in [0.3, 0.4) is 0 Å². The van der Waals surface area contributed by atoms with Gasteiger partial charge in [-0.05, 0) is 20.0 Å². The lowest BCUT2D eigenvalue weighted by Gasteiger charge is -2.28. The lowest BCUT2D eigenvalue weighted by Crippen LogP contribution is -2.41. The number of imidazole rings is 1. The number of aromatic nitrogens is 2. The van der Waals surface area contributed by atoms with Crippen LogP contribution in [-0.2, 0) is 6.54 Å². The number of thiazole rings is 1. The zero-order valence-electron chi connectivity index (χ0n) is 12.9. The molecule has 0 saturated heterocycles. The van der Waals surface area contributed by atoms with Gasteiger partial charge in [0.2, 0.25) is 5.88 Å². The molecule has 0 bridgehead atoms. The van der Waals surface area contributed by atoms with Gasteiger partial charge in [0, 0.05) is 30.7 Å². The first-order valence-electron chi connectivity index (χ1n) is 6.90. The molecule has 0 spiro atoms. The lowest BCUT2D eigenvalue weighted by molar-refractivity contribution is 0.224. The van der Waals surface area contributed by atoms with Crippen molar-refractivity contribution in [1.29, 1.82) is 0 Å². The van der Waals surface area contributed by atoms with Gasteiger partial charge in [-0.2, -0.15) is 4.98 Å². The van der Waals surface area contributed by atoms with Gasteiger partial charge in [0.05, 0.1) is 7.11 Å². The largest absolute Gasteiger partial charge is 0.480 e. The van der Waals surface area contributed by atoms with E-state index in [0.717, 1.165) is 29.6 Å². The van der Waals surface area contributed by atoms with Crippen molar-refractivity contribution < 1.29 is 4.74 Å². The summed E-state index contributed by atoms with van der Waals surface area (Å²) >= 11 is 1.62. The number of likely N-dealkylation sites (N-methyl/N-ethyl adjacent to an activating group) is 1. The van der Waals surface area contributed by atoms with Crippen molar-refractivity contribution in [3.8, 4) is 5.88 Å². The van der Waals surface area contributed by atoms with Gasteiger partial charge in [-0.3, -0.25) is 4.40 Å². The molecule has 0 amide bonds. The second-order valence-electron chi connectivity index (χ2n) is 5.53. The fourth-order valence-electron chi connectivity index (χ4n) is 2.49. The molecule has 2 aromatic heterocycles. The van der Waals surface area contributed by atoms with Crippen LogP contribution in [0, 0.1) is 5.92 Å². The molecule has 0 aliphatic rings. The number of methoxy groups -OCH3 is 1. The van der Waals surface area contributed by atoms with E-state index >= 15 is 0 Å². The van der Waals surface area contributed by atoms with Crippen molar-refractivity contribution in [3.63, 3.8) is 0 Å². The smallest absolute Gasteiger partial charge is 0.237 e. The normalized spacial score (nSPS) is 13.6. The third-order valence-corrected chi connectivity index (χ3v) is 4.35. The molecule has 2 rings (SSSR count). The minimum Gasteiger partial charge on any atom is -0.480 e. The quantitative estimate of drug-likeness (QED) is 0.849. The van der Waals surface area contributed by atoms with Crippen molar-refractivity contribution >= 4 is 16.3 Å². The van der Waals surface area contributed by atoms with Crippen LogP contribution in [0.15, 0.2) is 11.6 Å². The molecule has 2 heterocycles. The summed E-state index contributed by atoms with van der Waals surface area (Å²) < 4.78 is 7.46. The van der Waals surface area contributed by atoms with E-state index in [0.29, 0.717) is 12.0 Å². The van der Waals surface area contributed by atoms with Crippen LogP contribution < -0.4 is 10.1 Å². The summed E-state index contributed by atoms with van der Waals surface area (Å²) in [5.41, 5.74) is 1.09. The zero-order valence-corrected chi connectivity index (χ0v) is 13.7. The Bertz CT molecular complexity index is 538. The monoisotopic (exact) mass is 296 g/mol. The summed E-state index contributed by atoms with van der Waals surface area (Å²) in [7, 11) is 5.93. The molecule has 2 aromatic rings. The molecule has 0 radical (unpaired) electrons. The summed E-state index contributed by atoms with van der Waals surface area (Å²) in [5, 5.41) is 5.57. The second kappa shape index (κ2) is 6.56. The van der Waals surface area contributed by atoms with Crippen molar-refractivity contribution in [1.82, 2.24) is 19.6 Å². The highest BCUT2D eigenvalue weighted by molar-refractivity contribution is 7.15. The summed E-state index contributed by atoms with van der Waals surface area (Å²) in [4.78, 5) is 7.72. The molecule has 1 unspecified atom stereocenters. The fraction of sp³-hybridized carbons (Fsp3) is 0.643. The van der Waals surface area contributed by atoms with Crippen LogP contribution in [0.4, 0.5) is 0 Å². The maximum absolute atomic E-state index is 5.37. The minimum absolute atomic E-state index is 0.520. The Morgan fingerprint density at radius 2 is 2.20 bits per heavy atom. The van der Waals surface area contributed by atoms with E-state index in [-0.39, 0.29) is 0 Å². The molecule has 0 aliphatic carbocycles. The molecule has 0 fully saturated rings. The summed E-state index contributed by atoms with van der Waals surface area (Å²) in [5.74, 6) is 1.33.